The molecule has 6 nitrogen and oxygen atoms in total. The number of unbranched alkanes of at least 4 members (excludes halogenated alkanes) is 50. The fraction of sp³-hybridized carbons (Fsp3) is 0.865. The SMILES string of the molecule is CCCCCCCC/C=C\CCCCCCCC(=O)OCCCCCCCCCCCCCCCCC/C=C\C/C=C\CCCCCCCCCCCCCCCCCCCC(=O)NC(CO)C(O)/C=C/CCCCCCCCC. The Morgan fingerprint density at radius 3 is 0.963 bits per heavy atom. The first kappa shape index (κ1) is 77.8. The van der Waals surface area contributed by atoms with Crippen molar-refractivity contribution in [3.63, 3.8) is 0 Å². The second-order valence-corrected chi connectivity index (χ2v) is 24.6. The Kier molecular flexibility index (Phi) is 67.4. The van der Waals surface area contributed by atoms with Crippen LogP contribution in [0.15, 0.2) is 48.6 Å². The molecule has 0 aliphatic rings. The zero-order valence-electron chi connectivity index (χ0n) is 53.8. The summed E-state index contributed by atoms with van der Waals surface area (Å²) in [6, 6.07) is -0.623. The number of esters is 1. The highest BCUT2D eigenvalue weighted by Crippen LogP contribution is 2.18. The molecule has 6 heteroatoms. The molecule has 3 N–H and O–H groups in total. The molecule has 0 aliphatic carbocycles. The quantitative estimate of drug-likeness (QED) is 0.0320. The van der Waals surface area contributed by atoms with Crippen molar-refractivity contribution in [2.24, 2.45) is 0 Å². The summed E-state index contributed by atoms with van der Waals surface area (Å²) < 4.78 is 5.49. The molecule has 0 rings (SSSR count). The lowest BCUT2D eigenvalue weighted by molar-refractivity contribution is -0.143. The standard InChI is InChI=1S/C74H139NO5/c1-3-5-7-9-11-13-14-15-41-45-48-52-56-60-64-68-74(79)80-69-65-61-57-53-49-46-43-40-38-36-34-32-30-28-26-24-22-20-18-16-17-19-21-23-25-27-29-31-33-35-37-39-42-44-47-51-55-59-63-67-73(78)75-71(70-76)72(77)66-62-58-54-50-12-10-8-6-4-2/h15-17,20,22,41,62,66,71-72,76-77H,3-14,18-19,21,23-40,42-61,63-65,67-70H2,1-2H3,(H,75,78)/b17-16-,22-20-,41-15-,66-62+. The summed E-state index contributed by atoms with van der Waals surface area (Å²) in [6.45, 7) is 4.89. The first-order chi connectivity index (χ1) is 39.5. The van der Waals surface area contributed by atoms with Crippen molar-refractivity contribution in [3.8, 4) is 0 Å². The van der Waals surface area contributed by atoms with Crippen LogP contribution in [0.4, 0.5) is 0 Å². The summed E-state index contributed by atoms with van der Waals surface area (Å²) in [7, 11) is 0. The van der Waals surface area contributed by atoms with Gasteiger partial charge in [-0.3, -0.25) is 9.59 Å². The Hall–Kier alpha value is -2.18. The molecule has 0 aromatic heterocycles. The molecule has 0 fully saturated rings. The average molecular weight is 1120 g/mol. The normalized spacial score (nSPS) is 12.8. The van der Waals surface area contributed by atoms with Crippen molar-refractivity contribution in [2.45, 2.75) is 398 Å². The zero-order valence-corrected chi connectivity index (χ0v) is 53.8. The molecule has 0 bridgehead atoms. The molecule has 2 atom stereocenters. The summed E-state index contributed by atoms with van der Waals surface area (Å²) in [5.74, 6) is -0.0545. The number of aliphatic hydroxyl groups is 2. The Bertz CT molecular complexity index is 1340. The summed E-state index contributed by atoms with van der Waals surface area (Å²) in [4.78, 5) is 24.5. The molecule has 0 saturated carbocycles. The Morgan fingerprint density at radius 1 is 0.350 bits per heavy atom. The predicted octanol–water partition coefficient (Wildman–Crippen LogP) is 23.3. The van der Waals surface area contributed by atoms with Gasteiger partial charge in [-0.2, -0.15) is 0 Å². The zero-order chi connectivity index (χ0) is 57.8. The molecule has 0 radical (unpaired) electrons. The first-order valence-corrected chi connectivity index (χ1v) is 35.9. The maximum absolute atomic E-state index is 12.4. The van der Waals surface area contributed by atoms with Crippen LogP contribution in [0.3, 0.4) is 0 Å². The number of carbonyl (C=O) groups excluding carboxylic acids is 2. The van der Waals surface area contributed by atoms with Gasteiger partial charge in [0.25, 0.3) is 0 Å². The second-order valence-electron chi connectivity index (χ2n) is 24.6. The minimum atomic E-state index is -0.840. The van der Waals surface area contributed by atoms with Gasteiger partial charge in [-0.25, -0.2) is 0 Å². The van der Waals surface area contributed by atoms with E-state index >= 15 is 0 Å². The van der Waals surface area contributed by atoms with E-state index in [1.165, 1.54) is 308 Å². The van der Waals surface area contributed by atoms with E-state index in [-0.39, 0.29) is 18.5 Å². The van der Waals surface area contributed by atoms with Crippen LogP contribution in [-0.4, -0.2) is 47.4 Å². The molecule has 80 heavy (non-hydrogen) atoms. The van der Waals surface area contributed by atoms with Crippen LogP contribution in [0.25, 0.3) is 0 Å². The van der Waals surface area contributed by atoms with Gasteiger partial charge in [-0.15, -0.1) is 0 Å². The number of carbonyl (C=O) groups is 2. The van der Waals surface area contributed by atoms with Gasteiger partial charge in [-0.1, -0.05) is 332 Å². The lowest BCUT2D eigenvalue weighted by Gasteiger charge is -2.20. The topological polar surface area (TPSA) is 95.9 Å². The lowest BCUT2D eigenvalue weighted by atomic mass is 10.0. The summed E-state index contributed by atoms with van der Waals surface area (Å²) in [5, 5.41) is 23.0. The predicted molar refractivity (Wildman–Crippen MR) is 352 cm³/mol. The minimum absolute atomic E-state index is 0.0122. The third kappa shape index (κ3) is 65.0. The second kappa shape index (κ2) is 69.3. The van der Waals surface area contributed by atoms with Crippen LogP contribution >= 0.6 is 0 Å². The van der Waals surface area contributed by atoms with Crippen molar-refractivity contribution in [1.29, 1.82) is 0 Å². The van der Waals surface area contributed by atoms with E-state index in [1.54, 1.807) is 6.08 Å². The minimum Gasteiger partial charge on any atom is -0.466 e. The van der Waals surface area contributed by atoms with Crippen LogP contribution in [0.5, 0.6) is 0 Å². The Morgan fingerprint density at radius 2 is 0.625 bits per heavy atom. The van der Waals surface area contributed by atoms with E-state index in [2.05, 4.69) is 55.6 Å². The molecule has 1 amide bonds. The maximum Gasteiger partial charge on any atom is 0.305 e. The van der Waals surface area contributed by atoms with Crippen molar-refractivity contribution >= 4 is 11.9 Å². The van der Waals surface area contributed by atoms with Crippen LogP contribution in [-0.2, 0) is 14.3 Å². The average Bonchev–Trinajstić information content (AvgIpc) is 3.46. The molecule has 0 aliphatic heterocycles. The number of allylic oxidation sites excluding steroid dienone is 7. The van der Waals surface area contributed by atoms with Gasteiger partial charge in [0.1, 0.15) is 0 Å². The van der Waals surface area contributed by atoms with Crippen molar-refractivity contribution in [3.05, 3.63) is 48.6 Å². The van der Waals surface area contributed by atoms with Gasteiger partial charge in [-0.05, 0) is 89.9 Å². The van der Waals surface area contributed by atoms with Crippen molar-refractivity contribution in [2.75, 3.05) is 13.2 Å². The van der Waals surface area contributed by atoms with Crippen LogP contribution < -0.4 is 5.32 Å². The number of hydrogen-bond donors (Lipinski definition) is 3. The number of ether oxygens (including phenoxy) is 1. The van der Waals surface area contributed by atoms with E-state index in [4.69, 9.17) is 4.74 Å². The van der Waals surface area contributed by atoms with Gasteiger partial charge in [0.2, 0.25) is 5.91 Å². The highest BCUT2D eigenvalue weighted by Gasteiger charge is 2.18. The van der Waals surface area contributed by atoms with Gasteiger partial charge < -0.3 is 20.3 Å². The van der Waals surface area contributed by atoms with E-state index in [0.29, 0.717) is 19.4 Å². The summed E-state index contributed by atoms with van der Waals surface area (Å²) in [6.07, 6.45) is 90.8. The first-order valence-electron chi connectivity index (χ1n) is 35.9. The fourth-order valence-corrected chi connectivity index (χ4v) is 11.1. The monoisotopic (exact) mass is 1120 g/mol. The fourth-order valence-electron chi connectivity index (χ4n) is 11.1. The maximum atomic E-state index is 12.4. The smallest absolute Gasteiger partial charge is 0.305 e. The van der Waals surface area contributed by atoms with Gasteiger partial charge in [0, 0.05) is 12.8 Å². The summed E-state index contributed by atoms with van der Waals surface area (Å²) in [5.41, 5.74) is 0. The Balaban J connectivity index is 3.33. The third-order valence-corrected chi connectivity index (χ3v) is 16.6. The van der Waals surface area contributed by atoms with E-state index < -0.39 is 12.1 Å². The van der Waals surface area contributed by atoms with Gasteiger partial charge in [0.05, 0.1) is 25.4 Å². The van der Waals surface area contributed by atoms with E-state index in [1.807, 2.05) is 6.08 Å². The van der Waals surface area contributed by atoms with Gasteiger partial charge >= 0.3 is 5.97 Å². The number of amides is 1. The van der Waals surface area contributed by atoms with Crippen molar-refractivity contribution < 1.29 is 24.5 Å². The van der Waals surface area contributed by atoms with E-state index in [9.17, 15) is 19.8 Å². The molecule has 0 aromatic carbocycles. The van der Waals surface area contributed by atoms with Crippen LogP contribution in [0.2, 0.25) is 0 Å². The molecule has 0 spiro atoms. The molecule has 0 heterocycles. The third-order valence-electron chi connectivity index (χ3n) is 16.6. The highest BCUT2D eigenvalue weighted by molar-refractivity contribution is 5.76. The largest absolute Gasteiger partial charge is 0.466 e. The Labute approximate surface area is 499 Å². The number of rotatable bonds is 67. The lowest BCUT2D eigenvalue weighted by Crippen LogP contribution is -2.45. The molecular weight excluding hydrogens is 983 g/mol. The molecule has 0 aromatic rings. The number of hydrogen-bond acceptors (Lipinski definition) is 5. The number of aliphatic hydroxyl groups excluding tert-OH is 2. The van der Waals surface area contributed by atoms with Crippen molar-refractivity contribution in [1.82, 2.24) is 5.32 Å². The molecule has 470 valence electrons. The summed E-state index contributed by atoms with van der Waals surface area (Å²) >= 11 is 0. The van der Waals surface area contributed by atoms with Gasteiger partial charge in [0.15, 0.2) is 0 Å². The molecule has 0 saturated heterocycles. The highest BCUT2D eigenvalue weighted by atomic mass is 16.5. The van der Waals surface area contributed by atoms with E-state index in [0.717, 1.165) is 51.4 Å². The van der Waals surface area contributed by atoms with Crippen LogP contribution in [0.1, 0.15) is 386 Å². The molecule has 2 unspecified atom stereocenters. The van der Waals surface area contributed by atoms with Crippen LogP contribution in [0, 0.1) is 0 Å². The molecular formula is C74H139NO5. The number of nitrogens with one attached hydrogen (secondary N) is 1.